The molecule has 1 N–H and O–H groups in total. The Morgan fingerprint density at radius 3 is 2.30 bits per heavy atom. The van der Waals surface area contributed by atoms with E-state index in [1.165, 1.54) is 0 Å². The molecule has 116 valence electrons. The quantitative estimate of drug-likeness (QED) is 0.783. The Hall–Kier alpha value is -0.710. The zero-order chi connectivity index (χ0) is 15.3. The molecular weight excluding hydrogens is 272 g/mol. The van der Waals surface area contributed by atoms with Gasteiger partial charge in [0.15, 0.2) is 0 Å². The number of rotatable bonds is 7. The van der Waals surface area contributed by atoms with Crippen molar-refractivity contribution in [1.82, 2.24) is 10.2 Å². The topological polar surface area (TPSA) is 49.4 Å². The molecule has 20 heavy (non-hydrogen) atoms. The van der Waals surface area contributed by atoms with Crippen molar-refractivity contribution >= 4 is 23.6 Å². The van der Waals surface area contributed by atoms with Crippen LogP contribution in [0.5, 0.6) is 0 Å². The summed E-state index contributed by atoms with van der Waals surface area (Å²) in [5.41, 5.74) is 0. The number of nitrogens with zero attached hydrogens (tertiary/aromatic N) is 1. The third-order valence-electron chi connectivity index (χ3n) is 4.38. The van der Waals surface area contributed by atoms with E-state index in [1.54, 1.807) is 11.8 Å². The summed E-state index contributed by atoms with van der Waals surface area (Å²) in [4.78, 5) is 27.0. The Labute approximate surface area is 127 Å². The summed E-state index contributed by atoms with van der Waals surface area (Å²) < 4.78 is 0. The molecule has 5 heteroatoms. The molecule has 0 aliphatic carbocycles. The van der Waals surface area contributed by atoms with E-state index in [2.05, 4.69) is 19.2 Å². The van der Waals surface area contributed by atoms with Crippen LogP contribution in [0.15, 0.2) is 0 Å². The number of piperazine rings is 1. The Morgan fingerprint density at radius 2 is 1.80 bits per heavy atom. The molecule has 1 fully saturated rings. The molecule has 2 amide bonds. The molecule has 0 aromatic carbocycles. The maximum Gasteiger partial charge on any atom is 0.246 e. The smallest absolute Gasteiger partial charge is 0.246 e. The SMILES string of the molecule is CCC(C)C1NC(=O)C(C(C)CC)N(CCSC)C1=O. The van der Waals surface area contributed by atoms with Crippen molar-refractivity contribution in [3.05, 3.63) is 0 Å². The number of thioether (sulfide) groups is 1. The van der Waals surface area contributed by atoms with Crippen LogP contribution in [-0.4, -0.2) is 47.4 Å². The van der Waals surface area contributed by atoms with Gasteiger partial charge in [0.05, 0.1) is 0 Å². The van der Waals surface area contributed by atoms with Crippen LogP contribution in [0.3, 0.4) is 0 Å². The summed E-state index contributed by atoms with van der Waals surface area (Å²) >= 11 is 1.71. The standard InChI is InChI=1S/C15H28N2O2S/c1-6-10(3)12-15(19)17(8-9-20-5)13(11(4)7-2)14(18)16-12/h10-13H,6-9H2,1-5H3,(H,16,18). The van der Waals surface area contributed by atoms with E-state index in [4.69, 9.17) is 0 Å². The molecule has 0 bridgehead atoms. The molecule has 1 rings (SSSR count). The molecule has 4 unspecified atom stereocenters. The maximum atomic E-state index is 12.7. The molecule has 1 aliphatic heterocycles. The molecule has 0 saturated carbocycles. The Morgan fingerprint density at radius 1 is 1.20 bits per heavy atom. The minimum Gasteiger partial charge on any atom is -0.342 e. The number of carbonyl (C=O) groups is 2. The van der Waals surface area contributed by atoms with Crippen LogP contribution < -0.4 is 5.32 Å². The number of hydrogen-bond donors (Lipinski definition) is 1. The predicted octanol–water partition coefficient (Wildman–Crippen LogP) is 2.14. The monoisotopic (exact) mass is 300 g/mol. The van der Waals surface area contributed by atoms with Gasteiger partial charge in [-0.1, -0.05) is 40.5 Å². The Balaban J connectivity index is 2.97. The van der Waals surface area contributed by atoms with Gasteiger partial charge in [0, 0.05) is 12.3 Å². The van der Waals surface area contributed by atoms with Gasteiger partial charge in [-0.15, -0.1) is 0 Å². The Kier molecular flexibility index (Phi) is 6.86. The molecule has 0 aromatic rings. The first-order valence-electron chi connectivity index (χ1n) is 7.57. The van der Waals surface area contributed by atoms with E-state index >= 15 is 0 Å². The molecule has 4 atom stereocenters. The van der Waals surface area contributed by atoms with Gasteiger partial charge >= 0.3 is 0 Å². The fourth-order valence-corrected chi connectivity index (χ4v) is 2.99. The molecule has 1 aliphatic rings. The van der Waals surface area contributed by atoms with E-state index < -0.39 is 0 Å². The molecule has 1 saturated heterocycles. The van der Waals surface area contributed by atoms with E-state index in [0.717, 1.165) is 18.6 Å². The van der Waals surface area contributed by atoms with Crippen molar-refractivity contribution in [2.24, 2.45) is 11.8 Å². The predicted molar refractivity (Wildman–Crippen MR) is 84.7 cm³/mol. The summed E-state index contributed by atoms with van der Waals surface area (Å²) in [5, 5.41) is 2.95. The molecule has 0 aromatic heterocycles. The maximum absolute atomic E-state index is 12.7. The second-order valence-electron chi connectivity index (χ2n) is 5.73. The molecule has 0 radical (unpaired) electrons. The van der Waals surface area contributed by atoms with Gasteiger partial charge in [-0.3, -0.25) is 9.59 Å². The molecule has 0 spiro atoms. The minimum absolute atomic E-state index is 0.0188. The van der Waals surface area contributed by atoms with Gasteiger partial charge in [0.1, 0.15) is 12.1 Å². The van der Waals surface area contributed by atoms with Crippen LogP contribution >= 0.6 is 11.8 Å². The third-order valence-corrected chi connectivity index (χ3v) is 4.97. The zero-order valence-electron chi connectivity index (χ0n) is 13.3. The lowest BCUT2D eigenvalue weighted by molar-refractivity contribution is -0.152. The van der Waals surface area contributed by atoms with Crippen LogP contribution in [0.4, 0.5) is 0 Å². The minimum atomic E-state index is -0.352. The second kappa shape index (κ2) is 7.91. The fourth-order valence-electron chi connectivity index (χ4n) is 2.61. The first-order valence-corrected chi connectivity index (χ1v) is 8.97. The lowest BCUT2D eigenvalue weighted by Gasteiger charge is -2.43. The number of hydrogen-bond acceptors (Lipinski definition) is 3. The zero-order valence-corrected chi connectivity index (χ0v) is 14.1. The van der Waals surface area contributed by atoms with E-state index in [0.29, 0.717) is 6.54 Å². The largest absolute Gasteiger partial charge is 0.342 e. The van der Waals surface area contributed by atoms with Gasteiger partial charge in [0.2, 0.25) is 11.8 Å². The van der Waals surface area contributed by atoms with Crippen molar-refractivity contribution in [3.8, 4) is 0 Å². The first-order chi connectivity index (χ1) is 9.47. The van der Waals surface area contributed by atoms with Crippen LogP contribution in [0.25, 0.3) is 0 Å². The Bertz CT molecular complexity index is 349. The molecular formula is C15H28N2O2S. The van der Waals surface area contributed by atoms with Crippen LogP contribution in [0.2, 0.25) is 0 Å². The fraction of sp³-hybridized carbons (Fsp3) is 0.867. The highest BCUT2D eigenvalue weighted by atomic mass is 32.2. The van der Waals surface area contributed by atoms with Gasteiger partial charge in [0.25, 0.3) is 0 Å². The molecule has 4 nitrogen and oxygen atoms in total. The average molecular weight is 300 g/mol. The van der Waals surface area contributed by atoms with Crippen LogP contribution in [-0.2, 0) is 9.59 Å². The summed E-state index contributed by atoms with van der Waals surface area (Å²) in [6.45, 7) is 8.86. The highest BCUT2D eigenvalue weighted by molar-refractivity contribution is 7.98. The number of amides is 2. The van der Waals surface area contributed by atoms with Crippen LogP contribution in [0, 0.1) is 11.8 Å². The van der Waals surface area contributed by atoms with Crippen molar-refractivity contribution in [2.45, 2.75) is 52.6 Å². The summed E-state index contributed by atoms with van der Waals surface area (Å²) in [6, 6.07) is -0.658. The van der Waals surface area contributed by atoms with Crippen molar-refractivity contribution in [2.75, 3.05) is 18.6 Å². The lowest BCUT2D eigenvalue weighted by atomic mass is 9.89. The van der Waals surface area contributed by atoms with Crippen molar-refractivity contribution < 1.29 is 9.59 Å². The second-order valence-corrected chi connectivity index (χ2v) is 6.71. The summed E-state index contributed by atoms with van der Waals surface area (Å²) in [7, 11) is 0. The number of nitrogens with one attached hydrogen (secondary N) is 1. The van der Waals surface area contributed by atoms with Gasteiger partial charge in [-0.25, -0.2) is 0 Å². The number of carbonyl (C=O) groups excluding carboxylic acids is 2. The van der Waals surface area contributed by atoms with Gasteiger partial charge < -0.3 is 10.2 Å². The average Bonchev–Trinajstić information content (AvgIpc) is 2.45. The highest BCUT2D eigenvalue weighted by Crippen LogP contribution is 2.23. The summed E-state index contributed by atoms with van der Waals surface area (Å²) in [6.07, 6.45) is 3.81. The van der Waals surface area contributed by atoms with E-state index in [1.807, 2.05) is 25.0 Å². The molecule has 1 heterocycles. The summed E-state index contributed by atoms with van der Waals surface area (Å²) in [5.74, 6) is 1.36. The third kappa shape index (κ3) is 3.68. The van der Waals surface area contributed by atoms with Crippen molar-refractivity contribution in [3.63, 3.8) is 0 Å². The van der Waals surface area contributed by atoms with Crippen molar-refractivity contribution in [1.29, 1.82) is 0 Å². The van der Waals surface area contributed by atoms with Crippen LogP contribution in [0.1, 0.15) is 40.5 Å². The van der Waals surface area contributed by atoms with E-state index in [-0.39, 0.29) is 35.7 Å². The first kappa shape index (κ1) is 17.3. The van der Waals surface area contributed by atoms with E-state index in [9.17, 15) is 9.59 Å². The lowest BCUT2D eigenvalue weighted by Crippen LogP contribution is -2.66. The highest BCUT2D eigenvalue weighted by Gasteiger charge is 2.43. The van der Waals surface area contributed by atoms with Gasteiger partial charge in [-0.05, 0) is 18.1 Å². The normalized spacial score (nSPS) is 26.4. The van der Waals surface area contributed by atoms with Gasteiger partial charge in [-0.2, -0.15) is 11.8 Å².